The van der Waals surface area contributed by atoms with E-state index >= 15 is 0 Å². The van der Waals surface area contributed by atoms with Crippen LogP contribution in [0.4, 0.5) is 17.1 Å². The van der Waals surface area contributed by atoms with Crippen molar-refractivity contribution in [1.29, 1.82) is 0 Å². The third kappa shape index (κ3) is 4.33. The van der Waals surface area contributed by atoms with Gasteiger partial charge < -0.3 is 15.0 Å². The van der Waals surface area contributed by atoms with Gasteiger partial charge in [-0.15, -0.1) is 0 Å². The Hall–Kier alpha value is -2.74. The largest absolute Gasteiger partial charge is 0.497 e. The van der Waals surface area contributed by atoms with Crippen LogP contribution in [-0.2, 0) is 14.8 Å². The minimum Gasteiger partial charge on any atom is -0.497 e. The van der Waals surface area contributed by atoms with Crippen LogP contribution in [0.1, 0.15) is 51.4 Å². The lowest BCUT2D eigenvalue weighted by molar-refractivity contribution is -0.140. The van der Waals surface area contributed by atoms with Gasteiger partial charge in [-0.1, -0.05) is 0 Å². The molecule has 192 valence electrons. The van der Waals surface area contributed by atoms with Gasteiger partial charge in [0.2, 0.25) is 5.91 Å². The third-order valence-corrected chi connectivity index (χ3v) is 10.2. The lowest BCUT2D eigenvalue weighted by atomic mass is 9.49. The molecule has 36 heavy (non-hydrogen) atoms. The molecular formula is C28H35N3O4S. The molecule has 1 heterocycles. The number of anilines is 3. The summed E-state index contributed by atoms with van der Waals surface area (Å²) >= 11 is 0. The van der Waals surface area contributed by atoms with E-state index in [1.54, 1.807) is 37.4 Å². The van der Waals surface area contributed by atoms with Gasteiger partial charge in [-0.3, -0.25) is 9.52 Å². The molecule has 7 rings (SSSR count). The van der Waals surface area contributed by atoms with Crippen LogP contribution < -0.4 is 19.7 Å². The predicted molar refractivity (Wildman–Crippen MR) is 141 cm³/mol. The number of sulfonamides is 1. The number of nitrogens with one attached hydrogen (secondary N) is 2. The van der Waals surface area contributed by atoms with Crippen LogP contribution in [0.2, 0.25) is 0 Å². The van der Waals surface area contributed by atoms with Crippen molar-refractivity contribution in [2.24, 2.45) is 23.2 Å². The molecular weight excluding hydrogens is 474 g/mol. The van der Waals surface area contributed by atoms with Crippen LogP contribution in [0.15, 0.2) is 47.4 Å². The smallest absolute Gasteiger partial charge is 0.264 e. The predicted octanol–water partition coefficient (Wildman–Crippen LogP) is 5.25. The van der Waals surface area contributed by atoms with Crippen molar-refractivity contribution in [3.05, 3.63) is 42.5 Å². The highest BCUT2D eigenvalue weighted by Gasteiger charge is 2.54. The van der Waals surface area contributed by atoms with E-state index in [0.717, 1.165) is 45.2 Å². The number of methoxy groups -OCH3 is 1. The summed E-state index contributed by atoms with van der Waals surface area (Å²) in [6.07, 6.45) is 8.82. The summed E-state index contributed by atoms with van der Waals surface area (Å²) in [5, 5.41) is 3.14. The Morgan fingerprint density at radius 3 is 2.08 bits per heavy atom. The molecule has 0 aromatic heterocycles. The van der Waals surface area contributed by atoms with E-state index < -0.39 is 10.0 Å². The standard InChI is InChI=1S/C28H35N3O4S/c1-35-24-7-4-22(5-8-24)30-36(33,34)26-15-23(6-9-25(26)31-10-2-3-11-31)29-27(32)28-16-19-12-20(17-28)14-21(13-19)18-28/h4-9,15,19-21,30H,2-3,10-14,16-18H2,1H3,(H,29,32). The van der Waals surface area contributed by atoms with Crippen molar-refractivity contribution in [3.63, 3.8) is 0 Å². The second kappa shape index (κ2) is 8.98. The van der Waals surface area contributed by atoms with E-state index in [9.17, 15) is 13.2 Å². The molecule has 2 aromatic rings. The first-order valence-corrected chi connectivity index (χ1v) is 14.7. The molecule has 4 saturated carbocycles. The number of benzene rings is 2. The van der Waals surface area contributed by atoms with E-state index in [1.165, 1.54) is 19.3 Å². The fourth-order valence-corrected chi connectivity index (χ4v) is 8.86. The first-order valence-electron chi connectivity index (χ1n) is 13.2. The van der Waals surface area contributed by atoms with E-state index in [1.807, 2.05) is 12.1 Å². The minimum atomic E-state index is -3.89. The zero-order valence-corrected chi connectivity index (χ0v) is 21.6. The Bertz CT molecular complexity index is 1220. The molecule has 4 bridgehead atoms. The second-order valence-electron chi connectivity index (χ2n) is 11.4. The Morgan fingerprint density at radius 2 is 1.50 bits per heavy atom. The summed E-state index contributed by atoms with van der Waals surface area (Å²) in [6.45, 7) is 1.65. The molecule has 1 saturated heterocycles. The highest BCUT2D eigenvalue weighted by atomic mass is 32.2. The Balaban J connectivity index is 1.29. The molecule has 5 aliphatic rings. The number of nitrogens with zero attached hydrogens (tertiary/aromatic N) is 1. The van der Waals surface area contributed by atoms with Crippen LogP contribution in [0.25, 0.3) is 0 Å². The van der Waals surface area contributed by atoms with Gasteiger partial charge in [0.1, 0.15) is 10.6 Å². The molecule has 1 aliphatic heterocycles. The molecule has 1 amide bonds. The molecule has 5 fully saturated rings. The zero-order chi connectivity index (χ0) is 24.9. The molecule has 2 aromatic carbocycles. The lowest BCUT2D eigenvalue weighted by Gasteiger charge is -2.55. The average molecular weight is 510 g/mol. The third-order valence-electron chi connectivity index (χ3n) is 8.82. The van der Waals surface area contributed by atoms with Gasteiger partial charge in [0.05, 0.1) is 18.2 Å². The number of hydrogen-bond acceptors (Lipinski definition) is 5. The second-order valence-corrected chi connectivity index (χ2v) is 13.0. The lowest BCUT2D eigenvalue weighted by Crippen LogP contribution is -2.51. The van der Waals surface area contributed by atoms with Crippen molar-refractivity contribution in [3.8, 4) is 5.75 Å². The number of amides is 1. The number of rotatable bonds is 7. The molecule has 0 unspecified atom stereocenters. The topological polar surface area (TPSA) is 87.7 Å². The maximum atomic E-state index is 13.6. The highest BCUT2D eigenvalue weighted by molar-refractivity contribution is 7.92. The molecule has 0 radical (unpaired) electrons. The van der Waals surface area contributed by atoms with Crippen LogP contribution in [0.3, 0.4) is 0 Å². The number of hydrogen-bond donors (Lipinski definition) is 2. The fraction of sp³-hybridized carbons (Fsp3) is 0.536. The zero-order valence-electron chi connectivity index (χ0n) is 20.8. The molecule has 8 heteroatoms. The van der Waals surface area contributed by atoms with Crippen LogP contribution >= 0.6 is 0 Å². The Labute approximate surface area is 213 Å². The van der Waals surface area contributed by atoms with E-state index in [4.69, 9.17) is 4.74 Å². The summed E-state index contributed by atoms with van der Waals surface area (Å²) in [4.78, 5) is 15.9. The molecule has 2 N–H and O–H groups in total. The van der Waals surface area contributed by atoms with Gasteiger partial charge in [-0.2, -0.15) is 0 Å². The average Bonchev–Trinajstić information content (AvgIpc) is 3.38. The van der Waals surface area contributed by atoms with Gasteiger partial charge >= 0.3 is 0 Å². The van der Waals surface area contributed by atoms with E-state index in [0.29, 0.717) is 40.6 Å². The van der Waals surface area contributed by atoms with E-state index in [2.05, 4.69) is 14.9 Å². The fourth-order valence-electron chi connectivity index (χ4n) is 7.55. The molecule has 0 atom stereocenters. The van der Waals surface area contributed by atoms with Gasteiger partial charge in [0.15, 0.2) is 0 Å². The monoisotopic (exact) mass is 509 g/mol. The quantitative estimate of drug-likeness (QED) is 0.532. The minimum absolute atomic E-state index is 0.0713. The normalized spacial score (nSPS) is 28.8. The Kier molecular flexibility index (Phi) is 5.90. The van der Waals surface area contributed by atoms with Crippen molar-refractivity contribution >= 4 is 33.0 Å². The molecule has 4 aliphatic carbocycles. The maximum Gasteiger partial charge on any atom is 0.264 e. The van der Waals surface area contributed by atoms with Crippen LogP contribution in [-0.4, -0.2) is 34.5 Å². The van der Waals surface area contributed by atoms with Gasteiger partial charge in [0.25, 0.3) is 10.0 Å². The van der Waals surface area contributed by atoms with E-state index in [-0.39, 0.29) is 16.2 Å². The van der Waals surface area contributed by atoms with Crippen LogP contribution in [0, 0.1) is 23.2 Å². The summed E-state index contributed by atoms with van der Waals surface area (Å²) in [7, 11) is -2.31. The van der Waals surface area contributed by atoms with Crippen molar-refractivity contribution in [2.45, 2.75) is 56.3 Å². The van der Waals surface area contributed by atoms with Crippen LogP contribution in [0.5, 0.6) is 5.75 Å². The van der Waals surface area contributed by atoms with Crippen molar-refractivity contribution in [2.75, 3.05) is 35.1 Å². The summed E-state index contributed by atoms with van der Waals surface area (Å²) in [5.74, 6) is 2.74. The first kappa shape index (κ1) is 23.6. The maximum absolute atomic E-state index is 13.6. The number of carbonyl (C=O) groups excluding carboxylic acids is 1. The van der Waals surface area contributed by atoms with Gasteiger partial charge in [-0.05, 0) is 112 Å². The van der Waals surface area contributed by atoms with Gasteiger partial charge in [-0.25, -0.2) is 8.42 Å². The summed E-state index contributed by atoms with van der Waals surface area (Å²) in [5.41, 5.74) is 1.41. The van der Waals surface area contributed by atoms with Crippen molar-refractivity contribution in [1.82, 2.24) is 0 Å². The summed E-state index contributed by atoms with van der Waals surface area (Å²) in [6, 6.07) is 12.2. The SMILES string of the molecule is COc1ccc(NS(=O)(=O)c2cc(NC(=O)C34CC5CC(CC(C5)C3)C4)ccc2N2CCCC2)cc1. The molecule has 7 nitrogen and oxygen atoms in total. The first-order chi connectivity index (χ1) is 17.3. The summed E-state index contributed by atoms with van der Waals surface area (Å²) < 4.78 is 35.1. The Morgan fingerprint density at radius 1 is 0.917 bits per heavy atom. The number of ether oxygens (including phenoxy) is 1. The highest BCUT2D eigenvalue weighted by Crippen LogP contribution is 2.60. The number of carbonyl (C=O) groups is 1. The molecule has 0 spiro atoms. The van der Waals surface area contributed by atoms with Crippen molar-refractivity contribution < 1.29 is 17.9 Å². The van der Waals surface area contributed by atoms with Gasteiger partial charge in [0, 0.05) is 24.5 Å².